The summed E-state index contributed by atoms with van der Waals surface area (Å²) in [6.45, 7) is 0. The fourth-order valence-electron chi connectivity index (χ4n) is 2.69. The standard InChI is InChI=1S/C20H24N2O4S/c1-26-17-10-8-16(13-18(17)27-2)22-20(25)21-15(9-11-19(23)24)12-14-6-4-3-5-7-14/h3-8,10,13,15H,9,11-12H2,1-2H3,(H,23,24)(H2,21,22,25). The zero-order chi connectivity index (χ0) is 19.6. The molecule has 7 heteroatoms. The Kier molecular flexibility index (Phi) is 8.00. The normalized spacial score (nSPS) is 11.5. The molecule has 2 rings (SSSR count). The van der Waals surface area contributed by atoms with Crippen LogP contribution in [0.4, 0.5) is 10.5 Å². The van der Waals surface area contributed by atoms with Crippen LogP contribution < -0.4 is 15.4 Å². The first-order chi connectivity index (χ1) is 13.0. The molecule has 0 fully saturated rings. The molecule has 2 aromatic rings. The highest BCUT2D eigenvalue weighted by molar-refractivity contribution is 7.98. The quantitative estimate of drug-likeness (QED) is 0.565. The summed E-state index contributed by atoms with van der Waals surface area (Å²) in [5.74, 6) is -0.132. The van der Waals surface area contributed by atoms with Gasteiger partial charge in [-0.15, -0.1) is 11.8 Å². The van der Waals surface area contributed by atoms with Crippen molar-refractivity contribution >= 4 is 29.4 Å². The summed E-state index contributed by atoms with van der Waals surface area (Å²) in [5.41, 5.74) is 1.69. The van der Waals surface area contributed by atoms with Gasteiger partial charge in [-0.3, -0.25) is 4.79 Å². The number of hydrogen-bond donors (Lipinski definition) is 3. The van der Waals surface area contributed by atoms with E-state index in [1.54, 1.807) is 19.2 Å². The molecule has 0 spiro atoms. The van der Waals surface area contributed by atoms with E-state index >= 15 is 0 Å². The number of urea groups is 1. The van der Waals surface area contributed by atoms with Gasteiger partial charge in [0, 0.05) is 18.2 Å². The molecule has 0 bridgehead atoms. The minimum atomic E-state index is -0.880. The Morgan fingerprint density at radius 3 is 2.56 bits per heavy atom. The Balaban J connectivity index is 2.02. The lowest BCUT2D eigenvalue weighted by Crippen LogP contribution is -2.39. The minimum absolute atomic E-state index is 0.00304. The first kappa shape index (κ1) is 20.6. The third-order valence-corrected chi connectivity index (χ3v) is 4.77. The van der Waals surface area contributed by atoms with Gasteiger partial charge in [-0.05, 0) is 42.9 Å². The maximum absolute atomic E-state index is 12.4. The molecule has 0 radical (unpaired) electrons. The first-order valence-corrected chi connectivity index (χ1v) is 9.79. The van der Waals surface area contributed by atoms with Crippen LogP contribution >= 0.6 is 11.8 Å². The van der Waals surface area contributed by atoms with E-state index in [2.05, 4.69) is 10.6 Å². The molecule has 6 nitrogen and oxygen atoms in total. The van der Waals surface area contributed by atoms with Gasteiger partial charge in [0.1, 0.15) is 5.75 Å². The highest BCUT2D eigenvalue weighted by Crippen LogP contribution is 2.30. The van der Waals surface area contributed by atoms with E-state index in [0.717, 1.165) is 16.2 Å². The molecule has 1 atom stereocenters. The highest BCUT2D eigenvalue weighted by atomic mass is 32.2. The topological polar surface area (TPSA) is 87.7 Å². The predicted molar refractivity (Wildman–Crippen MR) is 108 cm³/mol. The van der Waals surface area contributed by atoms with Crippen molar-refractivity contribution in [2.75, 3.05) is 18.7 Å². The molecule has 27 heavy (non-hydrogen) atoms. The van der Waals surface area contributed by atoms with Crippen molar-refractivity contribution in [2.24, 2.45) is 0 Å². The average molecular weight is 388 g/mol. The van der Waals surface area contributed by atoms with Crippen molar-refractivity contribution in [2.45, 2.75) is 30.2 Å². The molecule has 3 N–H and O–H groups in total. The van der Waals surface area contributed by atoms with Gasteiger partial charge in [0.2, 0.25) is 0 Å². The average Bonchev–Trinajstić information content (AvgIpc) is 2.66. The number of aliphatic carboxylic acids is 1. The molecular formula is C20H24N2O4S. The van der Waals surface area contributed by atoms with Crippen molar-refractivity contribution in [3.63, 3.8) is 0 Å². The summed E-state index contributed by atoms with van der Waals surface area (Å²) in [6.07, 6.45) is 2.86. The number of benzene rings is 2. The second-order valence-corrected chi connectivity index (χ2v) is 6.84. The number of carbonyl (C=O) groups excluding carboxylic acids is 1. The number of nitrogens with one attached hydrogen (secondary N) is 2. The van der Waals surface area contributed by atoms with Gasteiger partial charge in [0.15, 0.2) is 0 Å². The third kappa shape index (κ3) is 6.86. The Hall–Kier alpha value is -2.67. The van der Waals surface area contributed by atoms with Crippen LogP contribution in [0.1, 0.15) is 18.4 Å². The predicted octanol–water partition coefficient (Wildman–Crippen LogP) is 4.01. The maximum Gasteiger partial charge on any atom is 0.319 e. The van der Waals surface area contributed by atoms with Gasteiger partial charge < -0.3 is 20.5 Å². The molecule has 0 aromatic heterocycles. The van der Waals surface area contributed by atoms with Crippen LogP contribution in [0.25, 0.3) is 0 Å². The van der Waals surface area contributed by atoms with Crippen LogP contribution in [-0.2, 0) is 11.2 Å². The largest absolute Gasteiger partial charge is 0.496 e. The number of amides is 2. The number of hydrogen-bond acceptors (Lipinski definition) is 4. The molecule has 0 saturated heterocycles. The molecule has 1 unspecified atom stereocenters. The number of thioether (sulfide) groups is 1. The lowest BCUT2D eigenvalue weighted by Gasteiger charge is -2.19. The minimum Gasteiger partial charge on any atom is -0.496 e. The van der Waals surface area contributed by atoms with Crippen LogP contribution in [0.15, 0.2) is 53.4 Å². The van der Waals surface area contributed by atoms with E-state index in [0.29, 0.717) is 18.5 Å². The highest BCUT2D eigenvalue weighted by Gasteiger charge is 2.15. The van der Waals surface area contributed by atoms with Gasteiger partial charge >= 0.3 is 12.0 Å². The summed E-state index contributed by atoms with van der Waals surface area (Å²) in [6, 6.07) is 14.4. The second kappa shape index (κ2) is 10.5. The first-order valence-electron chi connectivity index (χ1n) is 8.57. The Morgan fingerprint density at radius 1 is 1.19 bits per heavy atom. The van der Waals surface area contributed by atoms with Crippen molar-refractivity contribution in [1.29, 1.82) is 0 Å². The molecular weight excluding hydrogens is 364 g/mol. The molecule has 0 aliphatic heterocycles. The number of rotatable bonds is 9. The zero-order valence-electron chi connectivity index (χ0n) is 15.4. The van der Waals surface area contributed by atoms with E-state index in [1.165, 1.54) is 11.8 Å². The van der Waals surface area contributed by atoms with Gasteiger partial charge in [-0.25, -0.2) is 4.79 Å². The van der Waals surface area contributed by atoms with Gasteiger partial charge in [-0.1, -0.05) is 30.3 Å². The number of ether oxygens (including phenoxy) is 1. The summed E-state index contributed by atoms with van der Waals surface area (Å²) in [4.78, 5) is 24.2. The van der Waals surface area contributed by atoms with Crippen molar-refractivity contribution in [3.05, 3.63) is 54.1 Å². The monoisotopic (exact) mass is 388 g/mol. The van der Waals surface area contributed by atoms with E-state index in [-0.39, 0.29) is 18.5 Å². The third-order valence-electron chi connectivity index (χ3n) is 4.01. The van der Waals surface area contributed by atoms with Gasteiger partial charge in [0.25, 0.3) is 0 Å². The van der Waals surface area contributed by atoms with Gasteiger partial charge in [-0.2, -0.15) is 0 Å². The van der Waals surface area contributed by atoms with Crippen LogP contribution in [0.3, 0.4) is 0 Å². The molecule has 0 aliphatic rings. The van der Waals surface area contributed by atoms with E-state index in [1.807, 2.05) is 42.7 Å². The fourth-order valence-corrected chi connectivity index (χ4v) is 3.29. The smallest absolute Gasteiger partial charge is 0.319 e. The summed E-state index contributed by atoms with van der Waals surface area (Å²) in [5, 5.41) is 14.7. The number of carboxylic acid groups (broad SMARTS) is 1. The van der Waals surface area contributed by atoms with E-state index in [9.17, 15) is 9.59 Å². The summed E-state index contributed by atoms with van der Waals surface area (Å²) < 4.78 is 5.28. The number of methoxy groups -OCH3 is 1. The van der Waals surface area contributed by atoms with Crippen molar-refractivity contribution in [1.82, 2.24) is 5.32 Å². The van der Waals surface area contributed by atoms with Crippen molar-refractivity contribution in [3.8, 4) is 5.75 Å². The lowest BCUT2D eigenvalue weighted by atomic mass is 10.0. The number of carboxylic acids is 1. The summed E-state index contributed by atoms with van der Waals surface area (Å²) in [7, 11) is 1.60. The molecule has 2 aromatic carbocycles. The number of anilines is 1. The van der Waals surface area contributed by atoms with Gasteiger partial charge in [0.05, 0.1) is 12.0 Å². The van der Waals surface area contributed by atoms with Crippen LogP contribution in [0.5, 0.6) is 5.75 Å². The van der Waals surface area contributed by atoms with Crippen molar-refractivity contribution < 1.29 is 19.4 Å². The lowest BCUT2D eigenvalue weighted by molar-refractivity contribution is -0.137. The Labute approximate surface area is 163 Å². The fraction of sp³-hybridized carbons (Fsp3) is 0.300. The SMILES string of the molecule is COc1ccc(NC(=O)NC(CCC(=O)O)Cc2ccccc2)cc1SC. The summed E-state index contributed by atoms with van der Waals surface area (Å²) >= 11 is 1.53. The molecule has 0 saturated carbocycles. The zero-order valence-corrected chi connectivity index (χ0v) is 16.2. The Morgan fingerprint density at radius 2 is 1.93 bits per heavy atom. The number of carbonyl (C=O) groups is 2. The van der Waals surface area contributed by atoms with Crippen LogP contribution in [0.2, 0.25) is 0 Å². The Bertz CT molecular complexity index is 768. The van der Waals surface area contributed by atoms with Crippen LogP contribution in [-0.4, -0.2) is 36.5 Å². The molecule has 0 aliphatic carbocycles. The molecule has 144 valence electrons. The molecule has 0 heterocycles. The van der Waals surface area contributed by atoms with E-state index in [4.69, 9.17) is 9.84 Å². The second-order valence-electron chi connectivity index (χ2n) is 5.99. The van der Waals surface area contributed by atoms with E-state index < -0.39 is 5.97 Å². The van der Waals surface area contributed by atoms with Crippen LogP contribution in [0, 0.1) is 0 Å². The molecule has 2 amide bonds. The maximum atomic E-state index is 12.4.